The Labute approximate surface area is 89.3 Å². The summed E-state index contributed by atoms with van der Waals surface area (Å²) in [6.45, 7) is 2.07. The smallest absolute Gasteiger partial charge is 0.258 e. The van der Waals surface area contributed by atoms with E-state index in [1.807, 2.05) is 6.92 Å². The number of terminal acetylenes is 1. The Bertz CT molecular complexity index is 418. The quantitative estimate of drug-likeness (QED) is 0.738. The zero-order valence-electron chi connectivity index (χ0n) is 8.82. The highest BCUT2D eigenvalue weighted by Gasteiger charge is 2.14. The molecule has 1 N–H and O–H groups in total. The van der Waals surface area contributed by atoms with Gasteiger partial charge in [-0.2, -0.15) is 0 Å². The van der Waals surface area contributed by atoms with Gasteiger partial charge in [-0.05, 0) is 24.6 Å². The molecule has 1 aromatic carbocycles. The largest absolute Gasteiger partial charge is 0.507 e. The number of benzene rings is 1. The van der Waals surface area contributed by atoms with Crippen molar-refractivity contribution in [1.29, 1.82) is 0 Å². The highest BCUT2D eigenvalue weighted by Crippen LogP contribution is 2.19. The molecule has 0 heterocycles. The van der Waals surface area contributed by atoms with Gasteiger partial charge in [0.1, 0.15) is 5.75 Å². The lowest BCUT2D eigenvalue weighted by atomic mass is 10.1. The summed E-state index contributed by atoms with van der Waals surface area (Å²) in [7, 11) is 1.60. The molecule has 0 aliphatic carbocycles. The molecule has 0 saturated carbocycles. The van der Waals surface area contributed by atoms with Gasteiger partial charge in [0.05, 0.1) is 12.1 Å². The molecule has 0 atom stereocenters. The zero-order chi connectivity index (χ0) is 11.4. The van der Waals surface area contributed by atoms with Crippen LogP contribution in [0.5, 0.6) is 5.75 Å². The number of carbonyl (C=O) groups excluding carboxylic acids is 1. The van der Waals surface area contributed by atoms with E-state index in [1.165, 1.54) is 4.90 Å². The van der Waals surface area contributed by atoms with E-state index >= 15 is 0 Å². The average molecular weight is 203 g/mol. The van der Waals surface area contributed by atoms with Gasteiger partial charge < -0.3 is 10.0 Å². The summed E-state index contributed by atoms with van der Waals surface area (Å²) in [4.78, 5) is 13.1. The fourth-order valence-corrected chi connectivity index (χ4v) is 1.24. The minimum absolute atomic E-state index is 0.0103. The van der Waals surface area contributed by atoms with Crippen LogP contribution in [0.25, 0.3) is 0 Å². The van der Waals surface area contributed by atoms with E-state index in [-0.39, 0.29) is 23.8 Å². The number of nitrogens with zero attached hydrogens (tertiary/aromatic N) is 1. The summed E-state index contributed by atoms with van der Waals surface area (Å²) in [6.07, 6.45) is 5.10. The van der Waals surface area contributed by atoms with Crippen molar-refractivity contribution in [3.05, 3.63) is 29.3 Å². The molecule has 78 valence electrons. The third-order valence-electron chi connectivity index (χ3n) is 2.06. The summed E-state index contributed by atoms with van der Waals surface area (Å²) in [5.41, 5.74) is 1.18. The van der Waals surface area contributed by atoms with Crippen LogP contribution in [0.1, 0.15) is 15.9 Å². The van der Waals surface area contributed by atoms with Crippen molar-refractivity contribution in [2.24, 2.45) is 0 Å². The first-order valence-electron chi connectivity index (χ1n) is 4.55. The minimum Gasteiger partial charge on any atom is -0.507 e. The number of phenols is 1. The van der Waals surface area contributed by atoms with Crippen LogP contribution in [0, 0.1) is 19.3 Å². The molecule has 3 heteroatoms. The third-order valence-corrected chi connectivity index (χ3v) is 2.06. The summed E-state index contributed by atoms with van der Waals surface area (Å²) in [5.74, 6) is 2.09. The molecule has 3 nitrogen and oxygen atoms in total. The highest BCUT2D eigenvalue weighted by atomic mass is 16.3. The van der Waals surface area contributed by atoms with Crippen molar-refractivity contribution in [3.63, 3.8) is 0 Å². The van der Waals surface area contributed by atoms with Gasteiger partial charge in [-0.1, -0.05) is 12.0 Å². The molecule has 0 bridgehead atoms. The lowest BCUT2D eigenvalue weighted by molar-refractivity contribution is 0.0809. The van der Waals surface area contributed by atoms with Gasteiger partial charge in [0.25, 0.3) is 5.91 Å². The summed E-state index contributed by atoms with van der Waals surface area (Å²) >= 11 is 0. The normalized spacial score (nSPS) is 9.40. The highest BCUT2D eigenvalue weighted by molar-refractivity contribution is 5.96. The first-order valence-corrected chi connectivity index (χ1v) is 4.55. The van der Waals surface area contributed by atoms with Gasteiger partial charge in [-0.15, -0.1) is 6.42 Å². The SMILES string of the molecule is C#CCN(C)C(=O)c1ccc(C)cc1O. The molecule has 0 unspecified atom stereocenters. The number of hydrogen-bond donors (Lipinski definition) is 1. The van der Waals surface area contributed by atoms with Gasteiger partial charge in [0, 0.05) is 7.05 Å². The van der Waals surface area contributed by atoms with Crippen molar-refractivity contribution < 1.29 is 9.90 Å². The molecule has 1 rings (SSSR count). The molecule has 15 heavy (non-hydrogen) atoms. The maximum Gasteiger partial charge on any atom is 0.258 e. The average Bonchev–Trinajstić information content (AvgIpc) is 2.17. The van der Waals surface area contributed by atoms with Crippen LogP contribution in [-0.2, 0) is 0 Å². The van der Waals surface area contributed by atoms with Crippen LogP contribution in [0.15, 0.2) is 18.2 Å². The molecule has 0 spiro atoms. The van der Waals surface area contributed by atoms with E-state index in [2.05, 4.69) is 5.92 Å². The van der Waals surface area contributed by atoms with E-state index in [9.17, 15) is 9.90 Å². The number of rotatable bonds is 2. The predicted molar refractivity (Wildman–Crippen MR) is 58.6 cm³/mol. The minimum atomic E-state index is -0.273. The molecule has 0 radical (unpaired) electrons. The zero-order valence-corrected chi connectivity index (χ0v) is 8.82. The van der Waals surface area contributed by atoms with Gasteiger partial charge in [-0.3, -0.25) is 4.79 Å². The number of hydrogen-bond acceptors (Lipinski definition) is 2. The molecule has 0 aliphatic heterocycles. The number of aromatic hydroxyl groups is 1. The van der Waals surface area contributed by atoms with E-state index in [0.717, 1.165) is 5.56 Å². The first kappa shape index (κ1) is 11.1. The van der Waals surface area contributed by atoms with E-state index in [1.54, 1.807) is 25.2 Å². The van der Waals surface area contributed by atoms with Crippen LogP contribution in [-0.4, -0.2) is 29.5 Å². The lowest BCUT2D eigenvalue weighted by Gasteiger charge is -2.14. The van der Waals surface area contributed by atoms with E-state index in [0.29, 0.717) is 0 Å². The Morgan fingerprint density at radius 2 is 2.27 bits per heavy atom. The lowest BCUT2D eigenvalue weighted by Crippen LogP contribution is -2.26. The first-order chi connectivity index (χ1) is 7.06. The van der Waals surface area contributed by atoms with E-state index < -0.39 is 0 Å². The maximum atomic E-state index is 11.7. The van der Waals surface area contributed by atoms with Crippen LogP contribution >= 0.6 is 0 Å². The van der Waals surface area contributed by atoms with Crippen molar-refractivity contribution >= 4 is 5.91 Å². The van der Waals surface area contributed by atoms with Gasteiger partial charge >= 0.3 is 0 Å². The fraction of sp³-hybridized carbons (Fsp3) is 0.250. The molecular formula is C12H13NO2. The summed E-state index contributed by atoms with van der Waals surface area (Å²) < 4.78 is 0. The van der Waals surface area contributed by atoms with Gasteiger partial charge in [0.15, 0.2) is 0 Å². The Kier molecular flexibility index (Phi) is 3.35. The Morgan fingerprint density at radius 3 is 2.80 bits per heavy atom. The van der Waals surface area contributed by atoms with Crippen LogP contribution in [0.3, 0.4) is 0 Å². The number of aryl methyl sites for hydroxylation is 1. The van der Waals surface area contributed by atoms with Gasteiger partial charge in [-0.25, -0.2) is 0 Å². The van der Waals surface area contributed by atoms with Gasteiger partial charge in [0.2, 0.25) is 0 Å². The number of carbonyl (C=O) groups is 1. The second-order valence-electron chi connectivity index (χ2n) is 3.39. The molecule has 1 amide bonds. The summed E-state index contributed by atoms with van der Waals surface area (Å²) in [6, 6.07) is 4.92. The molecule has 0 aromatic heterocycles. The molecule has 0 fully saturated rings. The molecule has 0 saturated heterocycles. The van der Waals surface area contributed by atoms with Crippen molar-refractivity contribution in [2.45, 2.75) is 6.92 Å². The third kappa shape index (κ3) is 2.50. The Morgan fingerprint density at radius 1 is 1.60 bits per heavy atom. The number of phenolic OH excluding ortho intramolecular Hbond substituents is 1. The van der Waals surface area contributed by atoms with Crippen LogP contribution in [0.2, 0.25) is 0 Å². The monoisotopic (exact) mass is 203 g/mol. The predicted octanol–water partition coefficient (Wildman–Crippen LogP) is 1.41. The van der Waals surface area contributed by atoms with Crippen molar-refractivity contribution in [1.82, 2.24) is 4.90 Å². The van der Waals surface area contributed by atoms with Crippen molar-refractivity contribution in [2.75, 3.05) is 13.6 Å². The topological polar surface area (TPSA) is 40.5 Å². The fourth-order valence-electron chi connectivity index (χ4n) is 1.24. The van der Waals surface area contributed by atoms with Crippen molar-refractivity contribution in [3.8, 4) is 18.1 Å². The molecule has 1 aromatic rings. The standard InChI is InChI=1S/C12H13NO2/c1-4-7-13(3)12(15)10-6-5-9(2)8-11(10)14/h1,5-6,8,14H,7H2,2-3H3. The Balaban J connectivity index is 2.97. The summed E-state index contributed by atoms with van der Waals surface area (Å²) in [5, 5.41) is 9.58. The number of amides is 1. The van der Waals surface area contributed by atoms with E-state index in [4.69, 9.17) is 6.42 Å². The second kappa shape index (κ2) is 4.52. The Hall–Kier alpha value is -1.95. The molecular weight excluding hydrogens is 190 g/mol. The second-order valence-corrected chi connectivity index (χ2v) is 3.39. The molecule has 0 aliphatic rings. The van der Waals surface area contributed by atoms with Crippen LogP contribution < -0.4 is 0 Å². The van der Waals surface area contributed by atoms with Crippen LogP contribution in [0.4, 0.5) is 0 Å². The maximum absolute atomic E-state index is 11.7.